The molecule has 0 aliphatic rings. The van der Waals surface area contributed by atoms with E-state index in [0.29, 0.717) is 5.69 Å². The smallest absolute Gasteiger partial charge is 0.260 e. The van der Waals surface area contributed by atoms with E-state index in [2.05, 4.69) is 10.5 Å². The highest BCUT2D eigenvalue weighted by Crippen LogP contribution is 2.23. The maximum atomic E-state index is 12.2. The van der Waals surface area contributed by atoms with Gasteiger partial charge < -0.3 is 0 Å². The number of sulfonamides is 1. The maximum absolute atomic E-state index is 12.2. The van der Waals surface area contributed by atoms with Crippen molar-refractivity contribution in [2.45, 2.75) is 18.7 Å². The van der Waals surface area contributed by atoms with Crippen LogP contribution in [0.5, 0.6) is 0 Å². The van der Waals surface area contributed by atoms with Gasteiger partial charge in [-0.25, -0.2) is 13.8 Å². The average molecular weight is 406 g/mol. The lowest BCUT2D eigenvalue weighted by Crippen LogP contribution is -2.39. The van der Waals surface area contributed by atoms with Gasteiger partial charge in [0, 0.05) is 4.90 Å². The molecular formula is C19H23N3O3S2. The summed E-state index contributed by atoms with van der Waals surface area (Å²) in [4.78, 5) is 13.3. The van der Waals surface area contributed by atoms with Gasteiger partial charge in [0.05, 0.1) is 18.2 Å². The molecule has 1 amide bonds. The van der Waals surface area contributed by atoms with Gasteiger partial charge in [-0.3, -0.25) is 9.10 Å². The number of hydrogen-bond acceptors (Lipinski definition) is 5. The first kappa shape index (κ1) is 21.0. The normalized spacial score (nSPS) is 11.6. The van der Waals surface area contributed by atoms with E-state index < -0.39 is 15.9 Å². The second kappa shape index (κ2) is 9.05. The molecule has 6 nitrogen and oxygen atoms in total. The second-order valence-corrected chi connectivity index (χ2v) is 8.91. The first-order valence-corrected chi connectivity index (χ1v) is 11.3. The maximum Gasteiger partial charge on any atom is 0.260 e. The van der Waals surface area contributed by atoms with Gasteiger partial charge in [-0.2, -0.15) is 5.10 Å². The van der Waals surface area contributed by atoms with Crippen molar-refractivity contribution in [1.29, 1.82) is 0 Å². The van der Waals surface area contributed by atoms with Gasteiger partial charge in [0.25, 0.3) is 5.91 Å². The molecule has 0 atom stereocenters. The number of nitrogens with one attached hydrogen (secondary N) is 1. The van der Waals surface area contributed by atoms with E-state index >= 15 is 0 Å². The highest BCUT2D eigenvalue weighted by Gasteiger charge is 2.22. The fraction of sp³-hybridized carbons (Fsp3) is 0.263. The Kier molecular flexibility index (Phi) is 7.04. The van der Waals surface area contributed by atoms with E-state index in [1.807, 2.05) is 56.5 Å². The van der Waals surface area contributed by atoms with Crippen molar-refractivity contribution in [1.82, 2.24) is 5.43 Å². The predicted molar refractivity (Wildman–Crippen MR) is 112 cm³/mol. The predicted octanol–water partition coefficient (Wildman–Crippen LogP) is 2.94. The van der Waals surface area contributed by atoms with Gasteiger partial charge in [-0.05, 0) is 49.4 Å². The van der Waals surface area contributed by atoms with Crippen LogP contribution in [-0.4, -0.2) is 39.6 Å². The molecule has 0 radical (unpaired) electrons. The summed E-state index contributed by atoms with van der Waals surface area (Å²) in [6, 6.07) is 13.1. The number of carbonyl (C=O) groups is 1. The lowest BCUT2D eigenvalue weighted by atomic mass is 10.1. The van der Waals surface area contributed by atoms with Gasteiger partial charge in [-0.15, -0.1) is 11.8 Å². The minimum Gasteiger partial charge on any atom is -0.271 e. The molecule has 0 bridgehead atoms. The van der Waals surface area contributed by atoms with E-state index in [1.54, 1.807) is 17.8 Å². The zero-order valence-electron chi connectivity index (χ0n) is 15.8. The highest BCUT2D eigenvalue weighted by molar-refractivity contribution is 7.98. The van der Waals surface area contributed by atoms with Crippen molar-refractivity contribution in [2.75, 3.05) is 23.4 Å². The fourth-order valence-electron chi connectivity index (χ4n) is 2.50. The molecule has 0 saturated carbocycles. The molecular weight excluding hydrogens is 382 g/mol. The van der Waals surface area contributed by atoms with Crippen molar-refractivity contribution in [3.05, 3.63) is 59.2 Å². The van der Waals surface area contributed by atoms with Crippen LogP contribution in [0.1, 0.15) is 16.7 Å². The summed E-state index contributed by atoms with van der Waals surface area (Å²) < 4.78 is 25.4. The SMILES string of the molecule is CSc1ccc(/C=N\NC(=O)CN(c2ccc(C)cc2C)S(C)(=O)=O)cc1. The van der Waals surface area contributed by atoms with Crippen molar-refractivity contribution in [3.8, 4) is 0 Å². The van der Waals surface area contributed by atoms with Crippen LogP contribution in [0.25, 0.3) is 0 Å². The first-order valence-electron chi connectivity index (χ1n) is 8.21. The minimum absolute atomic E-state index is 0.342. The summed E-state index contributed by atoms with van der Waals surface area (Å²) in [5.74, 6) is -0.516. The molecule has 27 heavy (non-hydrogen) atoms. The Morgan fingerprint density at radius 1 is 1.19 bits per heavy atom. The van der Waals surface area contributed by atoms with Crippen molar-refractivity contribution in [3.63, 3.8) is 0 Å². The Hall–Kier alpha value is -2.32. The Labute approximate surface area is 164 Å². The zero-order valence-corrected chi connectivity index (χ0v) is 17.4. The van der Waals surface area contributed by atoms with E-state index in [9.17, 15) is 13.2 Å². The standard InChI is InChI=1S/C19H23N3O3S2/c1-14-5-10-18(15(2)11-14)22(27(4,24)25)13-19(23)21-20-12-16-6-8-17(26-3)9-7-16/h5-12H,13H2,1-4H3,(H,21,23)/b20-12-. The average Bonchev–Trinajstić information content (AvgIpc) is 2.60. The quantitative estimate of drug-likeness (QED) is 0.436. The number of rotatable bonds is 7. The van der Waals surface area contributed by atoms with Crippen LogP contribution in [0.2, 0.25) is 0 Å². The Morgan fingerprint density at radius 2 is 1.85 bits per heavy atom. The van der Waals surface area contributed by atoms with Crippen molar-refractivity contribution < 1.29 is 13.2 Å². The summed E-state index contributed by atoms with van der Waals surface area (Å²) in [5.41, 5.74) is 5.50. The fourth-order valence-corrected chi connectivity index (χ4v) is 3.82. The van der Waals surface area contributed by atoms with Crippen LogP contribution in [-0.2, 0) is 14.8 Å². The van der Waals surface area contributed by atoms with E-state index in [4.69, 9.17) is 0 Å². The van der Waals surface area contributed by atoms with Crippen LogP contribution in [0, 0.1) is 13.8 Å². The molecule has 1 N–H and O–H groups in total. The summed E-state index contributed by atoms with van der Waals surface area (Å²) >= 11 is 1.64. The molecule has 0 aromatic heterocycles. The number of carbonyl (C=O) groups excluding carboxylic acids is 1. The van der Waals surface area contributed by atoms with Gasteiger partial charge in [0.15, 0.2) is 0 Å². The van der Waals surface area contributed by atoms with Crippen LogP contribution in [0.3, 0.4) is 0 Å². The molecule has 0 spiro atoms. The molecule has 2 aromatic carbocycles. The van der Waals surface area contributed by atoms with Gasteiger partial charge >= 0.3 is 0 Å². The van der Waals surface area contributed by atoms with Crippen LogP contribution >= 0.6 is 11.8 Å². The number of hydrazone groups is 1. The van der Waals surface area contributed by atoms with Crippen LogP contribution in [0.4, 0.5) is 5.69 Å². The topological polar surface area (TPSA) is 78.8 Å². The third-order valence-corrected chi connectivity index (χ3v) is 5.70. The van der Waals surface area contributed by atoms with E-state index in [0.717, 1.165) is 32.1 Å². The monoisotopic (exact) mass is 405 g/mol. The van der Waals surface area contributed by atoms with Gasteiger partial charge in [-0.1, -0.05) is 29.8 Å². The molecule has 0 aliphatic heterocycles. The number of anilines is 1. The molecule has 2 aromatic rings. The summed E-state index contributed by atoms with van der Waals surface area (Å²) in [6.07, 6.45) is 4.59. The number of thioether (sulfide) groups is 1. The molecule has 0 saturated heterocycles. The molecule has 0 aliphatic carbocycles. The number of aryl methyl sites for hydroxylation is 2. The molecule has 0 fully saturated rings. The molecule has 0 heterocycles. The summed E-state index contributed by atoms with van der Waals surface area (Å²) in [6.45, 7) is 3.40. The molecule has 8 heteroatoms. The number of nitrogens with zero attached hydrogens (tertiary/aromatic N) is 2. The zero-order chi connectivity index (χ0) is 20.0. The van der Waals surface area contributed by atoms with Crippen molar-refractivity contribution >= 4 is 39.6 Å². The van der Waals surface area contributed by atoms with Gasteiger partial charge in [0.2, 0.25) is 10.0 Å². The van der Waals surface area contributed by atoms with Crippen LogP contribution < -0.4 is 9.73 Å². The third kappa shape index (κ3) is 6.11. The second-order valence-electron chi connectivity index (χ2n) is 6.13. The Balaban J connectivity index is 2.08. The van der Waals surface area contributed by atoms with E-state index in [-0.39, 0.29) is 6.54 Å². The molecule has 2 rings (SSSR count). The Morgan fingerprint density at radius 3 is 2.41 bits per heavy atom. The largest absolute Gasteiger partial charge is 0.271 e. The van der Waals surface area contributed by atoms with Crippen molar-refractivity contribution in [2.24, 2.45) is 5.10 Å². The molecule has 0 unspecified atom stereocenters. The lowest BCUT2D eigenvalue weighted by molar-refractivity contribution is -0.119. The van der Waals surface area contributed by atoms with Gasteiger partial charge in [0.1, 0.15) is 6.54 Å². The first-order chi connectivity index (χ1) is 12.7. The Bertz CT molecular complexity index is 939. The van der Waals surface area contributed by atoms with E-state index in [1.165, 1.54) is 6.21 Å². The minimum atomic E-state index is -3.61. The summed E-state index contributed by atoms with van der Waals surface area (Å²) in [5, 5.41) is 3.91. The molecule has 144 valence electrons. The number of hydrogen-bond donors (Lipinski definition) is 1. The number of benzene rings is 2. The third-order valence-electron chi connectivity index (χ3n) is 3.83. The number of amides is 1. The highest BCUT2D eigenvalue weighted by atomic mass is 32.2. The summed E-state index contributed by atoms with van der Waals surface area (Å²) in [7, 11) is -3.61. The van der Waals surface area contributed by atoms with Crippen LogP contribution in [0.15, 0.2) is 52.5 Å². The lowest BCUT2D eigenvalue weighted by Gasteiger charge is -2.23.